The van der Waals surface area contributed by atoms with E-state index < -0.39 is 6.09 Å². The molecule has 3 nitrogen and oxygen atoms in total. The van der Waals surface area contributed by atoms with E-state index in [1.165, 1.54) is 29.2 Å². The Morgan fingerprint density at radius 3 is 2.50 bits per heavy atom. The fourth-order valence-corrected chi connectivity index (χ4v) is 0.810. The van der Waals surface area contributed by atoms with Crippen LogP contribution in [0.15, 0.2) is 24.3 Å². The van der Waals surface area contributed by atoms with Crippen molar-refractivity contribution in [2.24, 2.45) is 0 Å². The van der Waals surface area contributed by atoms with Crippen molar-refractivity contribution in [3.05, 3.63) is 30.1 Å². The molecule has 0 radical (unpaired) electrons. The van der Waals surface area contributed by atoms with Gasteiger partial charge in [0.1, 0.15) is 11.6 Å². The van der Waals surface area contributed by atoms with Gasteiger partial charge in [-0.3, -0.25) is 0 Å². The number of ether oxygens (including phenoxy) is 1. The molecule has 1 rings (SSSR count). The van der Waals surface area contributed by atoms with E-state index in [4.69, 9.17) is 4.74 Å². The smallest absolute Gasteiger partial charge is 0.410 e. The minimum Gasteiger partial charge on any atom is -0.410 e. The number of benzene rings is 1. The Balaban J connectivity index is 2.60. The summed E-state index contributed by atoms with van der Waals surface area (Å²) in [6.45, 7) is 2.41. The third-order valence-electron chi connectivity index (χ3n) is 1.80. The van der Waals surface area contributed by atoms with Crippen molar-refractivity contribution in [3.63, 3.8) is 0 Å². The zero-order valence-electron chi connectivity index (χ0n) is 8.16. The van der Waals surface area contributed by atoms with Gasteiger partial charge >= 0.3 is 6.09 Å². The maximum Gasteiger partial charge on any atom is 0.414 e. The van der Waals surface area contributed by atoms with Crippen molar-refractivity contribution in [1.82, 2.24) is 4.90 Å². The fourth-order valence-electron chi connectivity index (χ4n) is 0.810. The standard InChI is InChI=1S/C10H12FNO2/c1-3-12(2)10(13)14-9-6-4-8(11)5-7-9/h4-7H,3H2,1-2H3. The number of hydrogen-bond acceptors (Lipinski definition) is 2. The van der Waals surface area contributed by atoms with Crippen LogP contribution >= 0.6 is 0 Å². The number of rotatable bonds is 2. The zero-order chi connectivity index (χ0) is 10.6. The van der Waals surface area contributed by atoms with E-state index >= 15 is 0 Å². The third kappa shape index (κ3) is 2.73. The lowest BCUT2D eigenvalue weighted by Crippen LogP contribution is -2.29. The van der Waals surface area contributed by atoms with E-state index in [0.717, 1.165) is 0 Å². The number of hydrogen-bond donors (Lipinski definition) is 0. The van der Waals surface area contributed by atoms with Gasteiger partial charge < -0.3 is 9.64 Å². The fraction of sp³-hybridized carbons (Fsp3) is 0.300. The number of carbonyl (C=O) groups is 1. The van der Waals surface area contributed by atoms with E-state index in [0.29, 0.717) is 12.3 Å². The summed E-state index contributed by atoms with van der Waals surface area (Å²) in [5.41, 5.74) is 0. The molecule has 1 aromatic rings. The summed E-state index contributed by atoms with van der Waals surface area (Å²) in [5.74, 6) is -0.00894. The molecule has 0 aromatic heterocycles. The maximum absolute atomic E-state index is 12.5. The number of nitrogens with zero attached hydrogens (tertiary/aromatic N) is 1. The molecule has 1 aromatic carbocycles. The molecule has 0 fully saturated rings. The molecule has 0 bridgehead atoms. The summed E-state index contributed by atoms with van der Waals surface area (Å²) >= 11 is 0. The summed E-state index contributed by atoms with van der Waals surface area (Å²) in [4.78, 5) is 12.7. The number of carbonyl (C=O) groups excluding carboxylic acids is 1. The molecule has 0 N–H and O–H groups in total. The van der Waals surface area contributed by atoms with Gasteiger partial charge in [0.15, 0.2) is 0 Å². The third-order valence-corrected chi connectivity index (χ3v) is 1.80. The highest BCUT2D eigenvalue weighted by molar-refractivity contribution is 5.70. The van der Waals surface area contributed by atoms with Crippen LogP contribution in [0.4, 0.5) is 9.18 Å². The van der Waals surface area contributed by atoms with Crippen LogP contribution in [0.2, 0.25) is 0 Å². The lowest BCUT2D eigenvalue weighted by Gasteiger charge is -2.13. The molecule has 1 amide bonds. The molecular formula is C10H12FNO2. The van der Waals surface area contributed by atoms with Crippen molar-refractivity contribution < 1.29 is 13.9 Å². The zero-order valence-corrected chi connectivity index (χ0v) is 8.16. The molecule has 0 saturated carbocycles. The van der Waals surface area contributed by atoms with Gasteiger partial charge in [-0.2, -0.15) is 0 Å². The van der Waals surface area contributed by atoms with Gasteiger partial charge in [-0.15, -0.1) is 0 Å². The van der Waals surface area contributed by atoms with E-state index in [-0.39, 0.29) is 5.82 Å². The van der Waals surface area contributed by atoms with Crippen molar-refractivity contribution in [1.29, 1.82) is 0 Å². The van der Waals surface area contributed by atoms with Crippen molar-refractivity contribution in [3.8, 4) is 5.75 Å². The Bertz CT molecular complexity index is 310. The second kappa shape index (κ2) is 4.60. The summed E-state index contributed by atoms with van der Waals surface area (Å²) in [6.07, 6.45) is -0.445. The molecule has 0 aliphatic carbocycles. The summed E-state index contributed by atoms with van der Waals surface area (Å²) in [6, 6.07) is 5.32. The van der Waals surface area contributed by atoms with Gasteiger partial charge in [-0.05, 0) is 31.2 Å². The molecule has 0 aliphatic rings. The van der Waals surface area contributed by atoms with Crippen LogP contribution in [-0.4, -0.2) is 24.6 Å². The highest BCUT2D eigenvalue weighted by atomic mass is 19.1. The van der Waals surface area contributed by atoms with Gasteiger partial charge in [-0.1, -0.05) is 0 Å². The molecule has 4 heteroatoms. The van der Waals surface area contributed by atoms with Crippen LogP contribution in [0.3, 0.4) is 0 Å². The summed E-state index contributed by atoms with van der Waals surface area (Å²) in [7, 11) is 1.63. The van der Waals surface area contributed by atoms with E-state index in [1.807, 2.05) is 6.92 Å². The minimum atomic E-state index is -0.445. The number of halogens is 1. The van der Waals surface area contributed by atoms with Crippen molar-refractivity contribution >= 4 is 6.09 Å². The van der Waals surface area contributed by atoms with Crippen molar-refractivity contribution in [2.45, 2.75) is 6.92 Å². The lowest BCUT2D eigenvalue weighted by molar-refractivity contribution is 0.165. The predicted octanol–water partition coefficient (Wildman–Crippen LogP) is 2.28. The van der Waals surface area contributed by atoms with Gasteiger partial charge in [0.25, 0.3) is 0 Å². The molecule has 0 spiro atoms. The lowest BCUT2D eigenvalue weighted by atomic mass is 10.3. The van der Waals surface area contributed by atoms with Crippen molar-refractivity contribution in [2.75, 3.05) is 13.6 Å². The van der Waals surface area contributed by atoms with Crippen LogP contribution in [-0.2, 0) is 0 Å². The van der Waals surface area contributed by atoms with Crippen LogP contribution < -0.4 is 4.74 Å². The first kappa shape index (κ1) is 10.5. The Morgan fingerprint density at radius 2 is 2.00 bits per heavy atom. The summed E-state index contributed by atoms with van der Waals surface area (Å²) in [5, 5.41) is 0. The molecule has 0 heterocycles. The first-order valence-corrected chi connectivity index (χ1v) is 4.32. The predicted molar refractivity (Wildman–Crippen MR) is 50.7 cm³/mol. The first-order valence-electron chi connectivity index (χ1n) is 4.32. The molecular weight excluding hydrogens is 185 g/mol. The highest BCUT2D eigenvalue weighted by Crippen LogP contribution is 2.11. The second-order valence-electron chi connectivity index (χ2n) is 2.84. The Hall–Kier alpha value is -1.58. The molecule has 0 unspecified atom stereocenters. The quantitative estimate of drug-likeness (QED) is 0.727. The molecule has 0 saturated heterocycles. The SMILES string of the molecule is CCN(C)C(=O)Oc1ccc(F)cc1. The average Bonchev–Trinajstić information content (AvgIpc) is 2.20. The average molecular weight is 197 g/mol. The second-order valence-corrected chi connectivity index (χ2v) is 2.84. The van der Waals surface area contributed by atoms with Gasteiger partial charge in [0.2, 0.25) is 0 Å². The van der Waals surface area contributed by atoms with Crippen LogP contribution in [0.1, 0.15) is 6.92 Å². The molecule has 14 heavy (non-hydrogen) atoms. The summed E-state index contributed by atoms with van der Waals surface area (Å²) < 4.78 is 17.4. The minimum absolute atomic E-state index is 0.344. The Kier molecular flexibility index (Phi) is 3.45. The van der Waals surface area contributed by atoms with Gasteiger partial charge in [0.05, 0.1) is 0 Å². The largest absolute Gasteiger partial charge is 0.414 e. The van der Waals surface area contributed by atoms with Gasteiger partial charge in [0, 0.05) is 13.6 Å². The van der Waals surface area contributed by atoms with E-state index in [2.05, 4.69) is 0 Å². The highest BCUT2D eigenvalue weighted by Gasteiger charge is 2.08. The Labute approximate surface area is 82.1 Å². The van der Waals surface area contributed by atoms with E-state index in [1.54, 1.807) is 7.05 Å². The normalized spacial score (nSPS) is 9.64. The monoisotopic (exact) mass is 197 g/mol. The van der Waals surface area contributed by atoms with Crippen LogP contribution in [0.5, 0.6) is 5.75 Å². The number of amides is 1. The molecule has 0 aliphatic heterocycles. The maximum atomic E-state index is 12.5. The van der Waals surface area contributed by atoms with E-state index in [9.17, 15) is 9.18 Å². The molecule has 0 atom stereocenters. The topological polar surface area (TPSA) is 29.5 Å². The van der Waals surface area contributed by atoms with Crippen LogP contribution in [0, 0.1) is 5.82 Å². The van der Waals surface area contributed by atoms with Gasteiger partial charge in [-0.25, -0.2) is 9.18 Å². The molecule has 76 valence electrons. The first-order chi connectivity index (χ1) is 6.63. The van der Waals surface area contributed by atoms with Crippen LogP contribution in [0.25, 0.3) is 0 Å². The Morgan fingerprint density at radius 1 is 1.43 bits per heavy atom.